The molecule has 43 heavy (non-hydrogen) atoms. The molecule has 0 aliphatic heterocycles. The van der Waals surface area contributed by atoms with Crippen LogP contribution in [0, 0.1) is 6.92 Å². The number of aromatic carboxylic acids is 1. The molecule has 0 unspecified atom stereocenters. The highest BCUT2D eigenvalue weighted by Crippen LogP contribution is 2.40. The van der Waals surface area contributed by atoms with Gasteiger partial charge in [0, 0.05) is 12.1 Å². The van der Waals surface area contributed by atoms with E-state index in [2.05, 4.69) is 48.0 Å². The molecule has 1 aromatic heterocycles. The fraction of sp³-hybridized carbons (Fsp3) is 0.270. The van der Waals surface area contributed by atoms with Crippen molar-refractivity contribution in [3.05, 3.63) is 125 Å². The summed E-state index contributed by atoms with van der Waals surface area (Å²) < 4.78 is 2.13. The van der Waals surface area contributed by atoms with Gasteiger partial charge < -0.3 is 15.0 Å². The van der Waals surface area contributed by atoms with E-state index in [4.69, 9.17) is 4.98 Å². The van der Waals surface area contributed by atoms with Gasteiger partial charge in [0.25, 0.3) is 5.91 Å². The summed E-state index contributed by atoms with van der Waals surface area (Å²) in [7, 11) is 0. The second kappa shape index (κ2) is 11.5. The maximum atomic E-state index is 13.8. The maximum absolute atomic E-state index is 13.8. The largest absolute Gasteiger partial charge is 0.478 e. The molecule has 6 heteroatoms. The molecule has 2 N–H and O–H groups in total. The van der Waals surface area contributed by atoms with Gasteiger partial charge in [-0.15, -0.1) is 0 Å². The van der Waals surface area contributed by atoms with Crippen LogP contribution in [0.3, 0.4) is 0 Å². The van der Waals surface area contributed by atoms with Crippen LogP contribution in [0.5, 0.6) is 0 Å². The van der Waals surface area contributed by atoms with E-state index in [1.807, 2.05) is 61.5 Å². The second-order valence-corrected chi connectivity index (χ2v) is 12.0. The number of fused-ring (bicyclic) bond motifs is 1. The molecule has 0 atom stereocenters. The molecule has 6 nitrogen and oxygen atoms in total. The van der Waals surface area contributed by atoms with E-state index in [9.17, 15) is 14.7 Å². The van der Waals surface area contributed by atoms with E-state index >= 15 is 0 Å². The third-order valence-corrected chi connectivity index (χ3v) is 8.88. The topological polar surface area (TPSA) is 84.2 Å². The van der Waals surface area contributed by atoms with Crippen LogP contribution in [0.1, 0.15) is 88.7 Å². The van der Waals surface area contributed by atoms with Crippen molar-refractivity contribution in [2.75, 3.05) is 0 Å². The van der Waals surface area contributed by atoms with Gasteiger partial charge in [0.1, 0.15) is 5.82 Å². The number of carbonyl (C=O) groups is 2. The molecule has 0 saturated heterocycles. The van der Waals surface area contributed by atoms with Gasteiger partial charge in [-0.3, -0.25) is 4.79 Å². The minimum atomic E-state index is -0.942. The Hall–Kier alpha value is -4.71. The van der Waals surface area contributed by atoms with Crippen LogP contribution < -0.4 is 5.32 Å². The predicted octanol–water partition coefficient (Wildman–Crippen LogP) is 8.08. The van der Waals surface area contributed by atoms with Gasteiger partial charge >= 0.3 is 5.97 Å². The summed E-state index contributed by atoms with van der Waals surface area (Å²) in [5.41, 5.74) is 7.40. The maximum Gasteiger partial charge on any atom is 0.336 e. The van der Waals surface area contributed by atoms with Crippen LogP contribution in [0.4, 0.5) is 0 Å². The third kappa shape index (κ3) is 5.57. The van der Waals surface area contributed by atoms with E-state index in [0.717, 1.165) is 53.7 Å². The number of rotatable bonds is 8. The molecule has 1 saturated carbocycles. The lowest BCUT2D eigenvalue weighted by atomic mass is 9.85. The van der Waals surface area contributed by atoms with Crippen LogP contribution in [-0.4, -0.2) is 26.5 Å². The van der Waals surface area contributed by atoms with Gasteiger partial charge in [-0.2, -0.15) is 0 Å². The number of nitrogens with zero attached hydrogens (tertiary/aromatic N) is 2. The van der Waals surface area contributed by atoms with Crippen molar-refractivity contribution in [2.45, 2.75) is 64.5 Å². The lowest BCUT2D eigenvalue weighted by Gasteiger charge is -2.32. The predicted molar refractivity (Wildman–Crippen MR) is 171 cm³/mol. The van der Waals surface area contributed by atoms with E-state index in [1.54, 1.807) is 12.1 Å². The molecule has 1 aliphatic rings. The Kier molecular flexibility index (Phi) is 7.61. The number of carbonyl (C=O) groups excluding carboxylic acids is 1. The van der Waals surface area contributed by atoms with Gasteiger partial charge in [0.15, 0.2) is 0 Å². The zero-order valence-corrected chi connectivity index (χ0v) is 24.9. The molecule has 1 fully saturated rings. The first-order valence-electron chi connectivity index (χ1n) is 15.1. The SMILES string of the molecule is Cc1nc2ccc(C(=O)NC3(c4cccc(C(C)C)c4)CCCC3)cc2n1Cc1ccc(-c2ccccc2C(=O)O)cc1. The molecule has 6 rings (SSSR count). The van der Waals surface area contributed by atoms with Crippen LogP contribution in [0.25, 0.3) is 22.2 Å². The van der Waals surface area contributed by atoms with Crippen molar-refractivity contribution >= 4 is 22.9 Å². The average Bonchev–Trinajstić information content (AvgIpc) is 3.62. The number of nitrogens with one attached hydrogen (secondary N) is 1. The molecule has 1 amide bonds. The standard InChI is InChI=1S/C37H37N3O3/c1-24(2)28-9-8-10-30(21-28)37(19-6-7-20-37)39-35(41)29-17-18-33-34(22-29)40(25(3)38-33)23-26-13-15-27(16-14-26)31-11-4-5-12-32(31)36(42)43/h4-5,8-18,21-22,24H,6-7,19-20,23H2,1-3H3,(H,39,41)(H,42,43). The molecule has 0 radical (unpaired) electrons. The normalized spacial score (nSPS) is 14.3. The molecule has 0 bridgehead atoms. The van der Waals surface area contributed by atoms with E-state index in [0.29, 0.717) is 23.6 Å². The Labute approximate surface area is 252 Å². The van der Waals surface area contributed by atoms with Gasteiger partial charge in [0.05, 0.1) is 22.1 Å². The number of hydrogen-bond donors (Lipinski definition) is 2. The smallest absolute Gasteiger partial charge is 0.336 e. The Balaban J connectivity index is 1.27. The van der Waals surface area contributed by atoms with Gasteiger partial charge in [-0.05, 0) is 77.8 Å². The monoisotopic (exact) mass is 571 g/mol. The highest BCUT2D eigenvalue weighted by Gasteiger charge is 2.37. The average molecular weight is 572 g/mol. The fourth-order valence-electron chi connectivity index (χ4n) is 6.43. The summed E-state index contributed by atoms with van der Waals surface area (Å²) in [4.78, 5) is 30.2. The molecule has 1 heterocycles. The Morgan fingerprint density at radius 2 is 1.67 bits per heavy atom. The van der Waals surface area contributed by atoms with Gasteiger partial charge in [-0.1, -0.05) is 93.4 Å². The van der Waals surface area contributed by atoms with Crippen LogP contribution >= 0.6 is 0 Å². The highest BCUT2D eigenvalue weighted by molar-refractivity contribution is 5.98. The Bertz CT molecular complexity index is 1810. The van der Waals surface area contributed by atoms with E-state index < -0.39 is 5.97 Å². The van der Waals surface area contributed by atoms with E-state index in [-0.39, 0.29) is 17.0 Å². The van der Waals surface area contributed by atoms with Crippen molar-refractivity contribution in [3.8, 4) is 11.1 Å². The van der Waals surface area contributed by atoms with Crippen LogP contribution in [-0.2, 0) is 12.1 Å². The minimum Gasteiger partial charge on any atom is -0.478 e. The number of hydrogen-bond acceptors (Lipinski definition) is 3. The quantitative estimate of drug-likeness (QED) is 0.197. The summed E-state index contributed by atoms with van der Waals surface area (Å²) in [6.45, 7) is 6.96. The molecule has 5 aromatic rings. The van der Waals surface area contributed by atoms with Crippen LogP contribution in [0.2, 0.25) is 0 Å². The molecule has 0 spiro atoms. The minimum absolute atomic E-state index is 0.0643. The van der Waals surface area contributed by atoms with E-state index in [1.165, 1.54) is 11.1 Å². The first-order chi connectivity index (χ1) is 20.7. The summed E-state index contributed by atoms with van der Waals surface area (Å²) in [5, 5.41) is 13.0. The lowest BCUT2D eigenvalue weighted by Crippen LogP contribution is -2.43. The molecular formula is C37H37N3O3. The number of carboxylic acid groups (broad SMARTS) is 1. The first-order valence-corrected chi connectivity index (χ1v) is 15.1. The number of amides is 1. The second-order valence-electron chi connectivity index (χ2n) is 12.0. The number of benzene rings is 4. The molecule has 1 aliphatic carbocycles. The van der Waals surface area contributed by atoms with Crippen molar-refractivity contribution < 1.29 is 14.7 Å². The lowest BCUT2D eigenvalue weighted by molar-refractivity contribution is 0.0697. The zero-order chi connectivity index (χ0) is 30.1. The Morgan fingerprint density at radius 3 is 2.40 bits per heavy atom. The summed E-state index contributed by atoms with van der Waals surface area (Å²) in [6.07, 6.45) is 4.06. The zero-order valence-electron chi connectivity index (χ0n) is 24.9. The van der Waals surface area contributed by atoms with Crippen molar-refractivity contribution in [2.24, 2.45) is 0 Å². The van der Waals surface area contributed by atoms with Gasteiger partial charge in [-0.25, -0.2) is 9.78 Å². The van der Waals surface area contributed by atoms with Crippen molar-refractivity contribution in [3.63, 3.8) is 0 Å². The number of aryl methyl sites for hydroxylation is 1. The van der Waals surface area contributed by atoms with Crippen molar-refractivity contribution in [1.29, 1.82) is 0 Å². The van der Waals surface area contributed by atoms with Gasteiger partial charge in [0.2, 0.25) is 0 Å². The molecular weight excluding hydrogens is 534 g/mol. The number of carboxylic acids is 1. The summed E-state index contributed by atoms with van der Waals surface area (Å²) in [5.74, 6) is 0.288. The Morgan fingerprint density at radius 1 is 0.930 bits per heavy atom. The fourth-order valence-corrected chi connectivity index (χ4v) is 6.43. The van der Waals surface area contributed by atoms with Crippen LogP contribution in [0.15, 0.2) is 91.0 Å². The number of imidazole rings is 1. The number of aromatic nitrogens is 2. The summed E-state index contributed by atoms with van der Waals surface area (Å²) >= 11 is 0. The molecule has 4 aromatic carbocycles. The highest BCUT2D eigenvalue weighted by atomic mass is 16.4. The molecule has 218 valence electrons. The summed E-state index contributed by atoms with van der Waals surface area (Å²) in [6, 6.07) is 29.4. The third-order valence-electron chi connectivity index (χ3n) is 8.88. The van der Waals surface area contributed by atoms with Crippen molar-refractivity contribution in [1.82, 2.24) is 14.9 Å². The first kappa shape index (κ1) is 28.4.